The quantitative estimate of drug-likeness (QED) is 0.912. The van der Waals surface area contributed by atoms with Crippen LogP contribution in [0.3, 0.4) is 0 Å². The van der Waals surface area contributed by atoms with Crippen LogP contribution in [0.2, 0.25) is 0 Å². The van der Waals surface area contributed by atoms with Crippen molar-refractivity contribution in [2.24, 2.45) is 5.92 Å². The molecule has 1 saturated carbocycles. The van der Waals surface area contributed by atoms with Crippen molar-refractivity contribution in [3.8, 4) is 0 Å². The van der Waals surface area contributed by atoms with Gasteiger partial charge in [0.15, 0.2) is 0 Å². The number of aliphatic hydroxyl groups excluding tert-OH is 2. The van der Waals surface area contributed by atoms with Crippen molar-refractivity contribution >= 4 is 5.52 Å². The summed E-state index contributed by atoms with van der Waals surface area (Å²) >= 11 is 0. The fraction of sp³-hybridized carbons (Fsp3) is 0.588. The van der Waals surface area contributed by atoms with Crippen LogP contribution in [0.15, 0.2) is 24.8 Å². The third kappa shape index (κ3) is 2.70. The molecule has 0 radical (unpaired) electrons. The van der Waals surface area contributed by atoms with E-state index in [2.05, 4.69) is 24.9 Å². The van der Waals surface area contributed by atoms with Crippen molar-refractivity contribution in [2.45, 2.75) is 57.7 Å². The van der Waals surface area contributed by atoms with E-state index in [1.165, 1.54) is 5.56 Å². The molecule has 2 aromatic rings. The summed E-state index contributed by atoms with van der Waals surface area (Å²) in [5.74, 6) is 0.593. The average molecular weight is 288 g/mol. The van der Waals surface area contributed by atoms with Gasteiger partial charge in [-0.25, -0.2) is 4.98 Å². The summed E-state index contributed by atoms with van der Waals surface area (Å²) in [6.45, 7) is 4.31. The Morgan fingerprint density at radius 3 is 2.62 bits per heavy atom. The van der Waals surface area contributed by atoms with Crippen LogP contribution >= 0.6 is 0 Å². The summed E-state index contributed by atoms with van der Waals surface area (Å²) in [5, 5.41) is 20.6. The Hall–Kier alpha value is -1.39. The zero-order valence-corrected chi connectivity index (χ0v) is 12.7. The minimum Gasteiger partial charge on any atom is -0.393 e. The Morgan fingerprint density at radius 2 is 1.95 bits per heavy atom. The van der Waals surface area contributed by atoms with Crippen molar-refractivity contribution in [3.05, 3.63) is 35.9 Å². The smallest absolute Gasteiger partial charge is 0.0992 e. The molecule has 0 amide bonds. The van der Waals surface area contributed by atoms with Gasteiger partial charge in [0.05, 0.1) is 30.2 Å². The monoisotopic (exact) mass is 288 g/mol. The fourth-order valence-electron chi connectivity index (χ4n) is 3.51. The molecule has 114 valence electrons. The van der Waals surface area contributed by atoms with E-state index in [9.17, 15) is 10.2 Å². The van der Waals surface area contributed by atoms with Gasteiger partial charge in [0.2, 0.25) is 0 Å². The predicted molar refractivity (Wildman–Crippen MR) is 82.2 cm³/mol. The van der Waals surface area contributed by atoms with Gasteiger partial charge in [0, 0.05) is 11.8 Å². The molecule has 0 aliphatic heterocycles. The Kier molecular flexibility index (Phi) is 4.00. The van der Waals surface area contributed by atoms with Gasteiger partial charge in [0.1, 0.15) is 0 Å². The molecule has 1 aliphatic rings. The van der Waals surface area contributed by atoms with Crippen molar-refractivity contribution in [3.63, 3.8) is 0 Å². The highest BCUT2D eigenvalue weighted by molar-refractivity contribution is 5.58. The largest absolute Gasteiger partial charge is 0.393 e. The molecule has 0 bridgehead atoms. The minimum atomic E-state index is -0.477. The Balaban J connectivity index is 2.01. The van der Waals surface area contributed by atoms with E-state index < -0.39 is 6.10 Å². The number of hydrogen-bond acceptors (Lipinski definition) is 3. The van der Waals surface area contributed by atoms with Gasteiger partial charge in [-0.3, -0.25) is 0 Å². The first-order valence-corrected chi connectivity index (χ1v) is 7.88. The number of imidazole rings is 1. The van der Waals surface area contributed by atoms with Gasteiger partial charge in [-0.15, -0.1) is 0 Å². The maximum absolute atomic E-state index is 11.0. The molecule has 3 rings (SSSR count). The highest BCUT2D eigenvalue weighted by Gasteiger charge is 2.29. The zero-order valence-electron chi connectivity index (χ0n) is 12.7. The molecule has 2 N–H and O–H groups in total. The molecule has 4 nitrogen and oxygen atoms in total. The molecule has 1 atom stereocenters. The normalized spacial score (nSPS) is 24.6. The van der Waals surface area contributed by atoms with E-state index in [-0.39, 0.29) is 12.0 Å². The number of aromatic nitrogens is 2. The van der Waals surface area contributed by atoms with E-state index in [1.54, 1.807) is 6.33 Å². The lowest BCUT2D eigenvalue weighted by molar-refractivity contribution is 0.0414. The molecule has 4 heteroatoms. The number of rotatable bonds is 3. The van der Waals surface area contributed by atoms with Gasteiger partial charge in [-0.1, -0.05) is 13.8 Å². The van der Waals surface area contributed by atoms with Crippen LogP contribution in [-0.4, -0.2) is 25.7 Å². The summed E-state index contributed by atoms with van der Waals surface area (Å²) in [5.41, 5.74) is 3.22. The molecular formula is C17H24N2O2. The summed E-state index contributed by atoms with van der Waals surface area (Å²) in [6, 6.07) is 2.09. The van der Waals surface area contributed by atoms with Crippen LogP contribution in [0.5, 0.6) is 0 Å². The van der Waals surface area contributed by atoms with Gasteiger partial charge in [-0.05, 0) is 49.1 Å². The lowest BCUT2D eigenvalue weighted by Crippen LogP contribution is -2.24. The van der Waals surface area contributed by atoms with Gasteiger partial charge in [0.25, 0.3) is 0 Å². The Morgan fingerprint density at radius 1 is 1.24 bits per heavy atom. The second-order valence-corrected chi connectivity index (χ2v) is 6.54. The van der Waals surface area contributed by atoms with Crippen LogP contribution in [-0.2, 0) is 0 Å². The first-order valence-electron chi connectivity index (χ1n) is 7.88. The SMILES string of the molecule is CC(C)c1ccn2cncc2c1C(O)[C@H]1CC[C@@H](O)CC1. The van der Waals surface area contributed by atoms with Crippen LogP contribution in [0.1, 0.15) is 62.7 Å². The van der Waals surface area contributed by atoms with E-state index in [4.69, 9.17) is 0 Å². The highest BCUT2D eigenvalue weighted by atomic mass is 16.3. The molecule has 1 unspecified atom stereocenters. The van der Waals surface area contributed by atoms with Crippen LogP contribution < -0.4 is 0 Å². The molecule has 2 aromatic heterocycles. The fourth-order valence-corrected chi connectivity index (χ4v) is 3.51. The number of pyridine rings is 1. The minimum absolute atomic E-state index is 0.191. The maximum Gasteiger partial charge on any atom is 0.0992 e. The summed E-state index contributed by atoms with van der Waals surface area (Å²) in [6.07, 6.45) is 8.31. The third-order valence-electron chi connectivity index (χ3n) is 4.77. The van der Waals surface area contributed by atoms with Gasteiger partial charge in [-0.2, -0.15) is 0 Å². The lowest BCUT2D eigenvalue weighted by atomic mass is 9.79. The average Bonchev–Trinajstić information content (AvgIpc) is 2.94. The second-order valence-electron chi connectivity index (χ2n) is 6.54. The van der Waals surface area contributed by atoms with Crippen molar-refractivity contribution in [2.75, 3.05) is 0 Å². The first kappa shape index (κ1) is 14.5. The second kappa shape index (κ2) is 5.78. The predicted octanol–water partition coefficient (Wildman–Crippen LogP) is 3.04. The first-order chi connectivity index (χ1) is 10.1. The van der Waals surface area contributed by atoms with Crippen LogP contribution in [0.4, 0.5) is 0 Å². The van der Waals surface area contributed by atoms with E-state index in [0.29, 0.717) is 5.92 Å². The molecule has 0 spiro atoms. The zero-order chi connectivity index (χ0) is 15.0. The Labute approximate surface area is 125 Å². The summed E-state index contributed by atoms with van der Waals surface area (Å²) in [7, 11) is 0. The van der Waals surface area contributed by atoms with E-state index >= 15 is 0 Å². The summed E-state index contributed by atoms with van der Waals surface area (Å²) in [4.78, 5) is 4.21. The lowest BCUT2D eigenvalue weighted by Gasteiger charge is -2.31. The molecule has 1 fully saturated rings. The summed E-state index contributed by atoms with van der Waals surface area (Å²) < 4.78 is 1.97. The molecule has 0 aromatic carbocycles. The van der Waals surface area contributed by atoms with Gasteiger partial charge < -0.3 is 14.6 Å². The maximum atomic E-state index is 11.0. The Bertz CT molecular complexity index is 612. The molecule has 2 heterocycles. The number of fused-ring (bicyclic) bond motifs is 1. The molecule has 1 aliphatic carbocycles. The third-order valence-corrected chi connectivity index (χ3v) is 4.77. The van der Waals surface area contributed by atoms with Crippen molar-refractivity contribution < 1.29 is 10.2 Å². The van der Waals surface area contributed by atoms with E-state index in [1.807, 2.05) is 16.8 Å². The molecule has 21 heavy (non-hydrogen) atoms. The van der Waals surface area contributed by atoms with Crippen molar-refractivity contribution in [1.29, 1.82) is 0 Å². The van der Waals surface area contributed by atoms with Crippen molar-refractivity contribution in [1.82, 2.24) is 9.38 Å². The topological polar surface area (TPSA) is 57.8 Å². The van der Waals surface area contributed by atoms with Crippen LogP contribution in [0.25, 0.3) is 5.52 Å². The van der Waals surface area contributed by atoms with Crippen LogP contribution in [0, 0.1) is 5.92 Å². The number of nitrogens with zero attached hydrogens (tertiary/aromatic N) is 2. The standard InChI is InChI=1S/C17H24N2O2/c1-11(2)14-7-8-19-10-18-9-15(19)16(14)17(21)12-3-5-13(20)6-4-12/h7-13,17,20-21H,3-6H2,1-2H3/t12-,13+,17?. The molecular weight excluding hydrogens is 264 g/mol. The molecule has 0 saturated heterocycles. The number of aliphatic hydroxyl groups is 2. The highest BCUT2D eigenvalue weighted by Crippen LogP contribution is 2.39. The van der Waals surface area contributed by atoms with Gasteiger partial charge >= 0.3 is 0 Å². The number of hydrogen-bond donors (Lipinski definition) is 2. The van der Waals surface area contributed by atoms with E-state index in [0.717, 1.165) is 36.8 Å².